The summed E-state index contributed by atoms with van der Waals surface area (Å²) in [5.74, 6) is -0.271. The number of fused-ring (bicyclic) bond motifs is 1. The zero-order chi connectivity index (χ0) is 15.7. The summed E-state index contributed by atoms with van der Waals surface area (Å²) in [6.07, 6.45) is 2.50. The molecule has 1 unspecified atom stereocenters. The van der Waals surface area contributed by atoms with Gasteiger partial charge in [0.25, 0.3) is 0 Å². The summed E-state index contributed by atoms with van der Waals surface area (Å²) >= 11 is 6.27. The van der Waals surface area contributed by atoms with Gasteiger partial charge in [0.15, 0.2) is 0 Å². The van der Waals surface area contributed by atoms with Gasteiger partial charge in [-0.3, -0.25) is 4.99 Å². The maximum Gasteiger partial charge on any atom is 0.140 e. The highest BCUT2D eigenvalue weighted by molar-refractivity contribution is 6.30. The van der Waals surface area contributed by atoms with Crippen LogP contribution < -0.4 is 21.2 Å². The van der Waals surface area contributed by atoms with Gasteiger partial charge in [0.05, 0.1) is 10.4 Å². The summed E-state index contributed by atoms with van der Waals surface area (Å²) in [5.41, 5.74) is 7.08. The van der Waals surface area contributed by atoms with Crippen LogP contribution >= 0.6 is 11.6 Å². The lowest BCUT2D eigenvalue weighted by Crippen LogP contribution is -2.50. The Morgan fingerprint density at radius 2 is 2.00 bits per heavy atom. The van der Waals surface area contributed by atoms with Crippen LogP contribution in [-0.2, 0) is 0 Å². The van der Waals surface area contributed by atoms with Crippen LogP contribution in [0.3, 0.4) is 0 Å². The summed E-state index contributed by atoms with van der Waals surface area (Å²) in [4.78, 5) is 6.71. The molecule has 0 saturated carbocycles. The maximum atomic E-state index is 13.2. The second-order valence-electron chi connectivity index (χ2n) is 5.30. The van der Waals surface area contributed by atoms with Gasteiger partial charge in [0.2, 0.25) is 0 Å². The molecule has 0 aliphatic carbocycles. The van der Waals surface area contributed by atoms with Crippen molar-refractivity contribution in [3.05, 3.63) is 63.9 Å². The third-order valence-corrected chi connectivity index (χ3v) is 4.16. The summed E-state index contributed by atoms with van der Waals surface area (Å²) in [5, 5.41) is 2.32. The minimum atomic E-state index is -0.271. The molecular formula is C17H17ClFN3. The molecule has 1 aliphatic rings. The first-order valence-corrected chi connectivity index (χ1v) is 7.61. The van der Waals surface area contributed by atoms with Crippen molar-refractivity contribution in [1.29, 1.82) is 0 Å². The molecule has 0 bridgehead atoms. The lowest BCUT2D eigenvalue weighted by molar-refractivity contribution is 0.510. The SMILES string of the molecule is CCC(N)[C@@H]1N=c2cccc(Cl)c2=CN1c1ccc(F)cc1. The molecule has 3 rings (SSSR count). The Morgan fingerprint density at radius 3 is 2.68 bits per heavy atom. The van der Waals surface area contributed by atoms with Gasteiger partial charge in [0.1, 0.15) is 12.0 Å². The van der Waals surface area contributed by atoms with Crippen LogP contribution in [-0.4, -0.2) is 12.2 Å². The molecule has 3 nitrogen and oxygen atoms in total. The molecule has 2 aromatic rings. The molecule has 22 heavy (non-hydrogen) atoms. The second kappa shape index (κ2) is 6.07. The largest absolute Gasteiger partial charge is 0.324 e. The van der Waals surface area contributed by atoms with E-state index in [0.29, 0.717) is 5.02 Å². The Kier molecular flexibility index (Phi) is 4.14. The van der Waals surface area contributed by atoms with Gasteiger partial charge in [0, 0.05) is 23.1 Å². The molecule has 0 radical (unpaired) electrons. The fraction of sp³-hybridized carbons (Fsp3) is 0.235. The highest BCUT2D eigenvalue weighted by Crippen LogP contribution is 2.22. The Hall–Kier alpha value is -1.91. The van der Waals surface area contributed by atoms with E-state index in [4.69, 9.17) is 22.3 Å². The van der Waals surface area contributed by atoms with Crippen LogP contribution in [0.15, 0.2) is 47.5 Å². The van der Waals surface area contributed by atoms with Gasteiger partial charge >= 0.3 is 0 Å². The molecule has 2 atom stereocenters. The molecule has 0 amide bonds. The van der Waals surface area contributed by atoms with Crippen LogP contribution in [0, 0.1) is 5.82 Å². The highest BCUT2D eigenvalue weighted by atomic mass is 35.5. The van der Waals surface area contributed by atoms with E-state index in [0.717, 1.165) is 22.7 Å². The fourth-order valence-electron chi connectivity index (χ4n) is 2.54. The number of hydrogen-bond donors (Lipinski definition) is 1. The van der Waals surface area contributed by atoms with E-state index in [1.807, 2.05) is 36.2 Å². The van der Waals surface area contributed by atoms with E-state index in [1.165, 1.54) is 12.1 Å². The minimum absolute atomic E-state index is 0.131. The standard InChI is InChI=1S/C17H17ClFN3/c1-2-15(20)17-21-16-5-3-4-14(18)13(16)10-22(17)12-8-6-11(19)7-9-12/h3-10,15,17H,2,20H2,1H3/t15?,17-/m1/s1. The maximum absolute atomic E-state index is 13.2. The van der Waals surface area contributed by atoms with Gasteiger partial charge in [-0.25, -0.2) is 4.39 Å². The predicted molar refractivity (Wildman–Crippen MR) is 87.6 cm³/mol. The van der Waals surface area contributed by atoms with Gasteiger partial charge < -0.3 is 10.6 Å². The number of hydrogen-bond acceptors (Lipinski definition) is 3. The van der Waals surface area contributed by atoms with Gasteiger partial charge in [-0.1, -0.05) is 24.6 Å². The van der Waals surface area contributed by atoms with E-state index in [-0.39, 0.29) is 18.0 Å². The highest BCUT2D eigenvalue weighted by Gasteiger charge is 2.25. The Morgan fingerprint density at radius 1 is 1.27 bits per heavy atom. The summed E-state index contributed by atoms with van der Waals surface area (Å²) < 4.78 is 13.2. The number of nitrogens with two attached hydrogens (primary N) is 1. The first kappa shape index (κ1) is 15.0. The number of halogens is 2. The molecule has 1 aliphatic heterocycles. The number of anilines is 1. The van der Waals surface area contributed by atoms with Crippen LogP contribution in [0.4, 0.5) is 10.1 Å². The quantitative estimate of drug-likeness (QED) is 0.944. The summed E-state index contributed by atoms with van der Waals surface area (Å²) in [6.45, 7) is 2.02. The third kappa shape index (κ3) is 2.72. The Bertz CT molecular complexity index is 789. The van der Waals surface area contributed by atoms with E-state index in [2.05, 4.69) is 0 Å². The lowest BCUT2D eigenvalue weighted by Gasteiger charge is -2.33. The zero-order valence-electron chi connectivity index (χ0n) is 12.2. The first-order valence-electron chi connectivity index (χ1n) is 7.24. The molecule has 0 spiro atoms. The summed E-state index contributed by atoms with van der Waals surface area (Å²) in [7, 11) is 0. The van der Waals surface area contributed by atoms with Crippen molar-refractivity contribution < 1.29 is 4.39 Å². The van der Waals surface area contributed by atoms with Crippen molar-refractivity contribution in [3.63, 3.8) is 0 Å². The molecule has 1 heterocycles. The van der Waals surface area contributed by atoms with E-state index < -0.39 is 0 Å². The summed E-state index contributed by atoms with van der Waals surface area (Å²) in [6, 6.07) is 11.8. The van der Waals surface area contributed by atoms with Gasteiger partial charge in [-0.2, -0.15) is 0 Å². The molecule has 5 heteroatoms. The van der Waals surface area contributed by atoms with E-state index in [1.54, 1.807) is 12.1 Å². The average molecular weight is 318 g/mol. The van der Waals surface area contributed by atoms with Crippen LogP contribution in [0.5, 0.6) is 0 Å². The molecule has 0 aromatic heterocycles. The van der Waals surface area contributed by atoms with Gasteiger partial charge in [-0.15, -0.1) is 0 Å². The van der Waals surface area contributed by atoms with E-state index >= 15 is 0 Å². The minimum Gasteiger partial charge on any atom is -0.324 e. The van der Waals surface area contributed by atoms with Crippen LogP contribution in [0.2, 0.25) is 5.02 Å². The molecule has 0 fully saturated rings. The average Bonchev–Trinajstić information content (AvgIpc) is 2.54. The zero-order valence-corrected chi connectivity index (χ0v) is 13.0. The Labute approximate surface area is 133 Å². The van der Waals surface area contributed by atoms with Crippen molar-refractivity contribution >= 4 is 23.5 Å². The smallest absolute Gasteiger partial charge is 0.140 e. The predicted octanol–water partition coefficient (Wildman–Crippen LogP) is 2.42. The molecule has 114 valence electrons. The monoisotopic (exact) mass is 317 g/mol. The van der Waals surface area contributed by atoms with Crippen molar-refractivity contribution in [2.75, 3.05) is 4.90 Å². The molecule has 0 saturated heterocycles. The van der Waals surface area contributed by atoms with Crippen molar-refractivity contribution in [1.82, 2.24) is 0 Å². The van der Waals surface area contributed by atoms with E-state index in [9.17, 15) is 4.39 Å². The Balaban J connectivity index is 2.17. The van der Waals surface area contributed by atoms with Crippen molar-refractivity contribution in [2.45, 2.75) is 25.6 Å². The third-order valence-electron chi connectivity index (χ3n) is 3.83. The van der Waals surface area contributed by atoms with Crippen LogP contribution in [0.25, 0.3) is 6.20 Å². The molecule has 2 aromatic carbocycles. The van der Waals surface area contributed by atoms with Crippen molar-refractivity contribution in [2.24, 2.45) is 10.7 Å². The fourth-order valence-corrected chi connectivity index (χ4v) is 2.76. The molecule has 2 N–H and O–H groups in total. The van der Waals surface area contributed by atoms with Crippen LogP contribution in [0.1, 0.15) is 13.3 Å². The number of rotatable bonds is 3. The topological polar surface area (TPSA) is 41.6 Å². The first-order chi connectivity index (χ1) is 10.6. The lowest BCUT2D eigenvalue weighted by atomic mass is 10.1. The number of nitrogens with zero attached hydrogens (tertiary/aromatic N) is 2. The normalized spacial score (nSPS) is 18.2. The number of benzene rings is 2. The van der Waals surface area contributed by atoms with Gasteiger partial charge in [-0.05, 0) is 42.8 Å². The second-order valence-corrected chi connectivity index (χ2v) is 5.71. The van der Waals surface area contributed by atoms with Crippen molar-refractivity contribution in [3.8, 4) is 0 Å². The molecular weight excluding hydrogens is 301 g/mol.